The molecule has 0 aliphatic rings. The van der Waals surface area contributed by atoms with E-state index in [0.717, 1.165) is 6.61 Å². The lowest BCUT2D eigenvalue weighted by molar-refractivity contribution is -0.000661. The van der Waals surface area contributed by atoms with Crippen LogP contribution in [0.3, 0.4) is 0 Å². The SMILES string of the molecule is CCCCCCCCCCCCCOCCOCCOCCOCCCl. The minimum atomic E-state index is 0.530. The molecule has 0 aromatic rings. The number of ether oxygens (including phenoxy) is 4. The smallest absolute Gasteiger partial charge is 0.0701 e. The van der Waals surface area contributed by atoms with Gasteiger partial charge in [0.2, 0.25) is 0 Å². The predicted molar refractivity (Wildman–Crippen MR) is 110 cm³/mol. The van der Waals surface area contributed by atoms with Crippen molar-refractivity contribution in [3.63, 3.8) is 0 Å². The first-order valence-corrected chi connectivity index (χ1v) is 11.3. The molecule has 0 fully saturated rings. The van der Waals surface area contributed by atoms with Crippen LogP contribution in [0.25, 0.3) is 0 Å². The zero-order valence-electron chi connectivity index (χ0n) is 17.2. The molecular weight excluding hydrogens is 352 g/mol. The summed E-state index contributed by atoms with van der Waals surface area (Å²) < 4.78 is 21.6. The van der Waals surface area contributed by atoms with E-state index in [4.69, 9.17) is 30.5 Å². The highest BCUT2D eigenvalue weighted by molar-refractivity contribution is 6.17. The minimum absolute atomic E-state index is 0.530. The summed E-state index contributed by atoms with van der Waals surface area (Å²) in [4.78, 5) is 0. The van der Waals surface area contributed by atoms with Crippen molar-refractivity contribution in [1.82, 2.24) is 0 Å². The van der Waals surface area contributed by atoms with E-state index in [1.165, 1.54) is 70.6 Å². The van der Waals surface area contributed by atoms with Gasteiger partial charge in [-0.1, -0.05) is 71.1 Å². The topological polar surface area (TPSA) is 36.9 Å². The van der Waals surface area contributed by atoms with Crippen molar-refractivity contribution < 1.29 is 18.9 Å². The van der Waals surface area contributed by atoms with E-state index in [-0.39, 0.29) is 0 Å². The number of halogens is 1. The van der Waals surface area contributed by atoms with Crippen LogP contribution in [0.15, 0.2) is 0 Å². The molecule has 0 N–H and O–H groups in total. The van der Waals surface area contributed by atoms with Gasteiger partial charge in [-0.25, -0.2) is 0 Å². The lowest BCUT2D eigenvalue weighted by Gasteiger charge is -2.07. The second-order valence-electron chi connectivity index (χ2n) is 6.67. The highest BCUT2D eigenvalue weighted by atomic mass is 35.5. The fourth-order valence-electron chi connectivity index (χ4n) is 2.68. The Morgan fingerprint density at radius 1 is 0.423 bits per heavy atom. The molecule has 0 radical (unpaired) electrons. The monoisotopic (exact) mass is 394 g/mol. The summed E-state index contributed by atoms with van der Waals surface area (Å²) in [6.07, 6.45) is 15.0. The van der Waals surface area contributed by atoms with Crippen molar-refractivity contribution in [2.75, 3.05) is 58.7 Å². The van der Waals surface area contributed by atoms with Crippen LogP contribution >= 0.6 is 11.6 Å². The summed E-state index contributed by atoms with van der Waals surface area (Å²) >= 11 is 5.50. The summed E-state index contributed by atoms with van der Waals surface area (Å²) in [6, 6.07) is 0. The van der Waals surface area contributed by atoms with Crippen LogP contribution in [0.5, 0.6) is 0 Å². The van der Waals surface area contributed by atoms with Gasteiger partial charge in [-0.3, -0.25) is 0 Å². The molecule has 0 amide bonds. The van der Waals surface area contributed by atoms with Gasteiger partial charge >= 0.3 is 0 Å². The molecule has 0 bridgehead atoms. The fraction of sp³-hybridized carbons (Fsp3) is 1.00. The largest absolute Gasteiger partial charge is 0.379 e. The average molecular weight is 395 g/mol. The zero-order chi connectivity index (χ0) is 19.0. The van der Waals surface area contributed by atoms with E-state index in [1.54, 1.807) is 0 Å². The van der Waals surface area contributed by atoms with Crippen LogP contribution in [0.2, 0.25) is 0 Å². The van der Waals surface area contributed by atoms with Crippen molar-refractivity contribution >= 4 is 11.6 Å². The van der Waals surface area contributed by atoms with Crippen LogP contribution in [0.1, 0.15) is 77.6 Å². The Hall–Kier alpha value is 0.130. The van der Waals surface area contributed by atoms with Crippen LogP contribution < -0.4 is 0 Å². The van der Waals surface area contributed by atoms with E-state index < -0.39 is 0 Å². The zero-order valence-corrected chi connectivity index (χ0v) is 17.9. The molecule has 0 aliphatic heterocycles. The Morgan fingerprint density at radius 3 is 1.19 bits per heavy atom. The maximum atomic E-state index is 5.59. The molecule has 4 nitrogen and oxygen atoms in total. The summed E-state index contributed by atoms with van der Waals surface area (Å²) in [6.45, 7) is 7.42. The molecule has 0 aromatic heterocycles. The van der Waals surface area contributed by atoms with Gasteiger partial charge in [0.15, 0.2) is 0 Å². The highest BCUT2D eigenvalue weighted by Gasteiger charge is 1.95. The van der Waals surface area contributed by atoms with E-state index in [2.05, 4.69) is 6.92 Å². The van der Waals surface area contributed by atoms with Gasteiger partial charge < -0.3 is 18.9 Å². The minimum Gasteiger partial charge on any atom is -0.379 e. The van der Waals surface area contributed by atoms with Crippen LogP contribution in [-0.4, -0.2) is 58.7 Å². The van der Waals surface area contributed by atoms with Gasteiger partial charge in [0.1, 0.15) is 0 Å². The quantitative estimate of drug-likeness (QED) is 0.167. The Labute approximate surface area is 167 Å². The third-order valence-electron chi connectivity index (χ3n) is 4.23. The van der Waals surface area contributed by atoms with Crippen molar-refractivity contribution in [1.29, 1.82) is 0 Å². The van der Waals surface area contributed by atoms with E-state index in [1.807, 2.05) is 0 Å². The molecule has 0 atom stereocenters. The van der Waals surface area contributed by atoms with E-state index in [0.29, 0.717) is 52.1 Å². The number of unbranched alkanes of at least 4 members (excludes halogenated alkanes) is 10. The summed E-state index contributed by atoms with van der Waals surface area (Å²) in [7, 11) is 0. The molecular formula is C21H43ClO4. The van der Waals surface area contributed by atoms with Gasteiger partial charge in [-0.2, -0.15) is 0 Å². The first-order chi connectivity index (χ1) is 12.9. The van der Waals surface area contributed by atoms with E-state index in [9.17, 15) is 0 Å². The van der Waals surface area contributed by atoms with Crippen molar-refractivity contribution in [2.24, 2.45) is 0 Å². The summed E-state index contributed by atoms with van der Waals surface area (Å²) in [5.41, 5.74) is 0. The highest BCUT2D eigenvalue weighted by Crippen LogP contribution is 2.11. The molecule has 158 valence electrons. The molecule has 0 aliphatic carbocycles. The second-order valence-corrected chi connectivity index (χ2v) is 7.05. The Balaban J connectivity index is 2.95. The lowest BCUT2D eigenvalue weighted by atomic mass is 10.1. The predicted octanol–water partition coefficient (Wildman–Crippen LogP) is 5.60. The van der Waals surface area contributed by atoms with Crippen LogP contribution in [0.4, 0.5) is 0 Å². The molecule has 0 saturated carbocycles. The van der Waals surface area contributed by atoms with Crippen molar-refractivity contribution in [3.8, 4) is 0 Å². The Kier molecular flexibility index (Phi) is 25.3. The molecule has 0 spiro atoms. The number of alkyl halides is 1. The molecule has 0 unspecified atom stereocenters. The normalized spacial score (nSPS) is 11.3. The van der Waals surface area contributed by atoms with E-state index >= 15 is 0 Å². The van der Waals surface area contributed by atoms with Gasteiger partial charge in [0, 0.05) is 12.5 Å². The maximum absolute atomic E-state index is 5.59. The first kappa shape index (κ1) is 26.1. The third-order valence-corrected chi connectivity index (χ3v) is 4.38. The second kappa shape index (κ2) is 25.1. The number of hydrogen-bond donors (Lipinski definition) is 0. The Morgan fingerprint density at radius 2 is 0.769 bits per heavy atom. The summed E-state index contributed by atoms with van der Waals surface area (Å²) in [5, 5.41) is 0. The van der Waals surface area contributed by atoms with Crippen molar-refractivity contribution in [2.45, 2.75) is 77.6 Å². The van der Waals surface area contributed by atoms with Gasteiger partial charge in [-0.15, -0.1) is 11.6 Å². The third kappa shape index (κ3) is 24.1. The molecule has 5 heteroatoms. The molecule has 26 heavy (non-hydrogen) atoms. The maximum Gasteiger partial charge on any atom is 0.0701 e. The lowest BCUT2D eigenvalue weighted by Crippen LogP contribution is -2.12. The molecule has 0 rings (SSSR count). The Bertz CT molecular complexity index is 218. The molecule has 0 heterocycles. The average Bonchev–Trinajstić information content (AvgIpc) is 2.66. The van der Waals surface area contributed by atoms with Gasteiger partial charge in [0.25, 0.3) is 0 Å². The standard InChI is InChI=1S/C21H43ClO4/c1-2-3-4-5-6-7-8-9-10-11-12-14-23-16-18-25-20-21-26-19-17-24-15-13-22/h2-21H2,1H3. The molecule has 0 saturated heterocycles. The number of hydrogen-bond acceptors (Lipinski definition) is 4. The molecule has 0 aromatic carbocycles. The van der Waals surface area contributed by atoms with Gasteiger partial charge in [-0.05, 0) is 6.42 Å². The van der Waals surface area contributed by atoms with Crippen molar-refractivity contribution in [3.05, 3.63) is 0 Å². The van der Waals surface area contributed by atoms with Gasteiger partial charge in [0.05, 0.1) is 46.2 Å². The fourth-order valence-corrected chi connectivity index (χ4v) is 2.79. The summed E-state index contributed by atoms with van der Waals surface area (Å²) in [5.74, 6) is 0.530. The van der Waals surface area contributed by atoms with Crippen LogP contribution in [-0.2, 0) is 18.9 Å². The first-order valence-electron chi connectivity index (χ1n) is 10.8. The van der Waals surface area contributed by atoms with Crippen LogP contribution in [0, 0.1) is 0 Å². The number of rotatable bonds is 23.